The second kappa shape index (κ2) is 10.9. The van der Waals surface area contributed by atoms with E-state index in [0.29, 0.717) is 60.5 Å². The van der Waals surface area contributed by atoms with Crippen LogP contribution in [0.25, 0.3) is 17.1 Å². The summed E-state index contributed by atoms with van der Waals surface area (Å²) in [4.78, 5) is 34.1. The summed E-state index contributed by atoms with van der Waals surface area (Å²) in [6.07, 6.45) is 3.91. The number of aromatic nitrogens is 4. The normalized spacial score (nSPS) is 13.3. The Morgan fingerprint density at radius 2 is 1.95 bits per heavy atom. The summed E-state index contributed by atoms with van der Waals surface area (Å²) in [5, 5.41) is 19.6. The van der Waals surface area contributed by atoms with Gasteiger partial charge in [0.05, 0.1) is 36.5 Å². The monoisotopic (exact) mass is 529 g/mol. The van der Waals surface area contributed by atoms with Gasteiger partial charge in [0, 0.05) is 49.2 Å². The van der Waals surface area contributed by atoms with E-state index >= 15 is 0 Å². The molecule has 0 bridgehead atoms. The maximum Gasteiger partial charge on any atom is 0.294 e. The van der Waals surface area contributed by atoms with E-state index in [4.69, 9.17) is 9.47 Å². The summed E-state index contributed by atoms with van der Waals surface area (Å²) in [5.74, 6) is 0.983. The molecule has 1 saturated heterocycles. The van der Waals surface area contributed by atoms with Gasteiger partial charge in [-0.1, -0.05) is 17.7 Å². The van der Waals surface area contributed by atoms with Crippen molar-refractivity contribution in [1.82, 2.24) is 19.7 Å². The van der Waals surface area contributed by atoms with Gasteiger partial charge < -0.3 is 19.7 Å². The van der Waals surface area contributed by atoms with Crippen LogP contribution in [0.1, 0.15) is 21.5 Å². The number of hydrogen-bond donors (Lipinski definition) is 1. The van der Waals surface area contributed by atoms with E-state index in [1.807, 2.05) is 36.9 Å². The molecule has 1 fully saturated rings. The van der Waals surface area contributed by atoms with Crippen LogP contribution >= 0.6 is 0 Å². The third-order valence-electron chi connectivity index (χ3n) is 6.48. The summed E-state index contributed by atoms with van der Waals surface area (Å²) >= 11 is 0. The minimum atomic E-state index is -0.424. The number of nitrogens with zero attached hydrogens (tertiary/aromatic N) is 6. The lowest BCUT2D eigenvalue weighted by molar-refractivity contribution is -0.384. The van der Waals surface area contributed by atoms with Crippen molar-refractivity contribution in [2.24, 2.45) is 0 Å². The van der Waals surface area contributed by atoms with E-state index in [0.717, 1.165) is 23.0 Å². The second-order valence-corrected chi connectivity index (χ2v) is 9.08. The Bertz CT molecular complexity index is 1550. The van der Waals surface area contributed by atoms with Gasteiger partial charge in [-0.15, -0.1) is 0 Å². The molecule has 39 heavy (non-hydrogen) atoms. The Labute approximate surface area is 224 Å². The minimum absolute atomic E-state index is 0.0720. The lowest BCUT2D eigenvalue weighted by Crippen LogP contribution is -2.36. The molecule has 1 aliphatic rings. The van der Waals surface area contributed by atoms with Crippen LogP contribution in [0, 0.1) is 24.0 Å². The molecule has 12 nitrogen and oxygen atoms in total. The predicted octanol–water partition coefficient (Wildman–Crippen LogP) is 4.26. The molecular formula is C27H27N7O5. The maximum atomic E-state index is 11.9. The Morgan fingerprint density at radius 3 is 2.67 bits per heavy atom. The molecule has 4 aromatic rings. The second-order valence-electron chi connectivity index (χ2n) is 9.08. The molecule has 0 amide bonds. The summed E-state index contributed by atoms with van der Waals surface area (Å²) < 4.78 is 12.4. The third-order valence-corrected chi connectivity index (χ3v) is 6.48. The summed E-state index contributed by atoms with van der Waals surface area (Å²) in [6.45, 7) is 6.01. The standard InChI is InChI=1S/C27H27N7O5/c1-17-4-5-18(2)20(12-17)26-19(16-35)15-33(31-26)25-6-7-28-27(30-25)29-21-13-23(34(36)37)22(14-24(21)38-3)32-8-10-39-11-9-32/h4-7,12-16H,8-11H2,1-3H3,(H,28,29,30). The Balaban J connectivity index is 1.49. The maximum absolute atomic E-state index is 11.9. The highest BCUT2D eigenvalue weighted by molar-refractivity contribution is 5.86. The number of aldehydes is 1. The Kier molecular flexibility index (Phi) is 7.19. The topological polar surface area (TPSA) is 138 Å². The van der Waals surface area contributed by atoms with Crippen molar-refractivity contribution in [2.45, 2.75) is 13.8 Å². The van der Waals surface area contributed by atoms with Crippen molar-refractivity contribution in [3.05, 3.63) is 75.6 Å². The number of morpholine rings is 1. The number of benzene rings is 2. The fourth-order valence-electron chi connectivity index (χ4n) is 4.48. The zero-order chi connectivity index (χ0) is 27.5. The number of methoxy groups -OCH3 is 1. The Hall–Kier alpha value is -4.84. The summed E-state index contributed by atoms with van der Waals surface area (Å²) in [5.41, 5.74) is 4.60. The molecule has 2 aromatic carbocycles. The zero-order valence-corrected chi connectivity index (χ0v) is 21.7. The van der Waals surface area contributed by atoms with Gasteiger partial charge in [0.1, 0.15) is 17.1 Å². The van der Waals surface area contributed by atoms with Gasteiger partial charge in [0.2, 0.25) is 5.95 Å². The molecule has 1 N–H and O–H groups in total. The molecule has 12 heteroatoms. The first-order chi connectivity index (χ1) is 18.9. The smallest absolute Gasteiger partial charge is 0.294 e. The van der Waals surface area contributed by atoms with Crippen LogP contribution in [-0.2, 0) is 4.74 Å². The number of ether oxygens (including phenoxy) is 2. The lowest BCUT2D eigenvalue weighted by atomic mass is 10.0. The van der Waals surface area contributed by atoms with Crippen molar-refractivity contribution < 1.29 is 19.2 Å². The highest BCUT2D eigenvalue weighted by Crippen LogP contribution is 2.39. The highest BCUT2D eigenvalue weighted by atomic mass is 16.6. The van der Waals surface area contributed by atoms with E-state index in [2.05, 4.69) is 20.4 Å². The van der Waals surface area contributed by atoms with Crippen LogP contribution in [0.3, 0.4) is 0 Å². The van der Waals surface area contributed by atoms with Crippen molar-refractivity contribution in [3.8, 4) is 22.8 Å². The molecular weight excluding hydrogens is 502 g/mol. The zero-order valence-electron chi connectivity index (χ0n) is 21.7. The van der Waals surface area contributed by atoms with Crippen molar-refractivity contribution >= 4 is 29.3 Å². The lowest BCUT2D eigenvalue weighted by Gasteiger charge is -2.29. The first-order valence-electron chi connectivity index (χ1n) is 12.3. The molecule has 5 rings (SSSR count). The van der Waals surface area contributed by atoms with Crippen LogP contribution in [0.2, 0.25) is 0 Å². The molecule has 0 atom stereocenters. The highest BCUT2D eigenvalue weighted by Gasteiger charge is 2.25. The van der Waals surface area contributed by atoms with E-state index in [1.165, 1.54) is 24.1 Å². The van der Waals surface area contributed by atoms with Crippen LogP contribution in [-0.4, -0.2) is 64.4 Å². The van der Waals surface area contributed by atoms with Gasteiger partial charge in [0.25, 0.3) is 5.69 Å². The molecule has 1 aliphatic heterocycles. The molecule has 3 heterocycles. The van der Waals surface area contributed by atoms with Crippen molar-refractivity contribution in [3.63, 3.8) is 0 Å². The number of rotatable bonds is 8. The summed E-state index contributed by atoms with van der Waals surface area (Å²) in [7, 11) is 1.49. The van der Waals surface area contributed by atoms with Crippen LogP contribution in [0.15, 0.2) is 48.8 Å². The number of nitrogens with one attached hydrogen (secondary N) is 1. The van der Waals surface area contributed by atoms with Crippen molar-refractivity contribution in [2.75, 3.05) is 43.6 Å². The van der Waals surface area contributed by atoms with Crippen molar-refractivity contribution in [1.29, 1.82) is 0 Å². The molecule has 0 radical (unpaired) electrons. The molecule has 0 saturated carbocycles. The quantitative estimate of drug-likeness (QED) is 0.200. The molecule has 0 spiro atoms. The first-order valence-corrected chi connectivity index (χ1v) is 12.3. The number of carbonyl (C=O) groups is 1. The van der Waals surface area contributed by atoms with Gasteiger partial charge >= 0.3 is 0 Å². The van der Waals surface area contributed by atoms with Gasteiger partial charge in [-0.3, -0.25) is 14.9 Å². The number of carbonyl (C=O) groups excluding carboxylic acids is 1. The van der Waals surface area contributed by atoms with E-state index in [9.17, 15) is 14.9 Å². The third kappa shape index (κ3) is 5.27. The van der Waals surface area contributed by atoms with Gasteiger partial charge in [-0.05, 0) is 25.5 Å². The van der Waals surface area contributed by atoms with Gasteiger partial charge in [-0.25, -0.2) is 9.67 Å². The fourth-order valence-corrected chi connectivity index (χ4v) is 4.48. The van der Waals surface area contributed by atoms with E-state index < -0.39 is 4.92 Å². The molecule has 0 aliphatic carbocycles. The SMILES string of the molecule is COc1cc(N2CCOCC2)c([N+](=O)[O-])cc1Nc1nccc(-n2cc(C=O)c(-c3cc(C)ccc3C)n2)n1. The molecule has 2 aromatic heterocycles. The van der Waals surface area contributed by atoms with Crippen LogP contribution < -0.4 is 15.0 Å². The molecule has 0 unspecified atom stereocenters. The number of nitro benzene ring substituents is 1. The average Bonchev–Trinajstić information content (AvgIpc) is 3.39. The number of nitro groups is 1. The van der Waals surface area contributed by atoms with Crippen LogP contribution in [0.4, 0.5) is 23.0 Å². The number of anilines is 3. The minimum Gasteiger partial charge on any atom is -0.494 e. The summed E-state index contributed by atoms with van der Waals surface area (Å²) in [6, 6.07) is 10.7. The first kappa shape index (κ1) is 25.8. The number of aryl methyl sites for hydroxylation is 2. The van der Waals surface area contributed by atoms with E-state index in [-0.39, 0.29) is 11.6 Å². The van der Waals surface area contributed by atoms with E-state index in [1.54, 1.807) is 18.3 Å². The molecule has 200 valence electrons. The largest absolute Gasteiger partial charge is 0.494 e. The predicted molar refractivity (Wildman–Crippen MR) is 145 cm³/mol. The number of hydrogen-bond acceptors (Lipinski definition) is 10. The van der Waals surface area contributed by atoms with Gasteiger partial charge in [-0.2, -0.15) is 10.1 Å². The fraction of sp³-hybridized carbons (Fsp3) is 0.259. The average molecular weight is 530 g/mol. The Morgan fingerprint density at radius 1 is 1.15 bits per heavy atom. The van der Waals surface area contributed by atoms with Gasteiger partial charge in [0.15, 0.2) is 12.1 Å². The van der Waals surface area contributed by atoms with Crippen LogP contribution in [0.5, 0.6) is 5.75 Å².